The largest absolute Gasteiger partial charge is 0.395 e. The van der Waals surface area contributed by atoms with E-state index in [9.17, 15) is 5.11 Å². The Hall–Kier alpha value is -0.900. The maximum atomic E-state index is 9.38. The summed E-state index contributed by atoms with van der Waals surface area (Å²) < 4.78 is 0. The molecule has 1 aromatic rings. The topological polar surface area (TPSA) is 35.5 Å². The number of likely N-dealkylation sites (tertiary alicyclic amines) is 1. The van der Waals surface area contributed by atoms with E-state index < -0.39 is 0 Å². The third-order valence-corrected chi connectivity index (χ3v) is 3.97. The van der Waals surface area contributed by atoms with E-state index in [1.165, 1.54) is 12.0 Å². The number of rotatable bonds is 6. The van der Waals surface area contributed by atoms with Crippen LogP contribution in [-0.2, 0) is 6.54 Å². The number of benzene rings is 1. The van der Waals surface area contributed by atoms with E-state index in [0.717, 1.165) is 19.6 Å². The molecule has 2 unspecified atom stereocenters. The number of hydrogen-bond acceptors (Lipinski definition) is 3. The van der Waals surface area contributed by atoms with E-state index in [1.807, 2.05) is 0 Å². The van der Waals surface area contributed by atoms with Crippen molar-refractivity contribution in [3.63, 3.8) is 0 Å². The molecule has 1 aliphatic rings. The Morgan fingerprint density at radius 3 is 2.68 bits per heavy atom. The molecular weight excluding hydrogens is 236 g/mol. The van der Waals surface area contributed by atoms with E-state index in [1.54, 1.807) is 0 Å². The van der Waals surface area contributed by atoms with Crippen LogP contribution in [0.15, 0.2) is 30.3 Å². The van der Waals surface area contributed by atoms with E-state index in [0.29, 0.717) is 12.0 Å². The lowest BCUT2D eigenvalue weighted by atomic mass is 10.0. The Balaban J connectivity index is 1.80. The fourth-order valence-corrected chi connectivity index (χ4v) is 2.71. The minimum Gasteiger partial charge on any atom is -0.395 e. The Bertz CT molecular complexity index is 366. The van der Waals surface area contributed by atoms with Crippen LogP contribution in [0.2, 0.25) is 0 Å². The molecule has 1 saturated heterocycles. The summed E-state index contributed by atoms with van der Waals surface area (Å²) in [6, 6.07) is 11.4. The fourth-order valence-electron chi connectivity index (χ4n) is 2.71. The molecule has 1 heterocycles. The maximum absolute atomic E-state index is 9.38. The third kappa shape index (κ3) is 4.30. The zero-order valence-electron chi connectivity index (χ0n) is 12.0. The zero-order chi connectivity index (χ0) is 13.7. The van der Waals surface area contributed by atoms with Crippen molar-refractivity contribution in [1.82, 2.24) is 10.2 Å². The van der Waals surface area contributed by atoms with Gasteiger partial charge >= 0.3 is 0 Å². The lowest BCUT2D eigenvalue weighted by Crippen LogP contribution is -2.44. The van der Waals surface area contributed by atoms with Gasteiger partial charge in [0.05, 0.1) is 6.61 Å². The predicted molar refractivity (Wildman–Crippen MR) is 79.0 cm³/mol. The standard InChI is InChI=1S/C16H26N2O/c1-13(2)16(12-19)17-15-8-9-18(11-15)10-14-6-4-3-5-7-14/h3-7,13,15-17,19H,8-12H2,1-2H3. The van der Waals surface area contributed by atoms with Gasteiger partial charge in [-0.1, -0.05) is 44.2 Å². The highest BCUT2D eigenvalue weighted by Gasteiger charge is 2.25. The van der Waals surface area contributed by atoms with Crippen molar-refractivity contribution in [2.75, 3.05) is 19.7 Å². The average molecular weight is 262 g/mol. The summed E-state index contributed by atoms with van der Waals surface area (Å²) in [7, 11) is 0. The maximum Gasteiger partial charge on any atom is 0.0587 e. The second-order valence-corrected chi connectivity index (χ2v) is 5.91. The highest BCUT2D eigenvalue weighted by atomic mass is 16.3. The summed E-state index contributed by atoms with van der Waals surface area (Å²) in [5.74, 6) is 0.480. The van der Waals surface area contributed by atoms with Gasteiger partial charge in [-0.15, -0.1) is 0 Å². The summed E-state index contributed by atoms with van der Waals surface area (Å²) in [5.41, 5.74) is 1.38. The SMILES string of the molecule is CC(C)C(CO)NC1CCN(Cc2ccccc2)C1. The number of hydrogen-bond donors (Lipinski definition) is 2. The van der Waals surface area contributed by atoms with Crippen LogP contribution in [0.3, 0.4) is 0 Å². The van der Waals surface area contributed by atoms with Crippen LogP contribution < -0.4 is 5.32 Å². The molecule has 1 fully saturated rings. The summed E-state index contributed by atoms with van der Waals surface area (Å²) in [6.45, 7) is 7.80. The number of nitrogens with zero attached hydrogens (tertiary/aromatic N) is 1. The first kappa shape index (κ1) is 14.5. The molecular formula is C16H26N2O. The van der Waals surface area contributed by atoms with Crippen LogP contribution in [0.5, 0.6) is 0 Å². The molecule has 0 bridgehead atoms. The minimum absolute atomic E-state index is 0.224. The van der Waals surface area contributed by atoms with Gasteiger partial charge in [0.25, 0.3) is 0 Å². The molecule has 0 spiro atoms. The summed E-state index contributed by atoms with van der Waals surface area (Å²) in [6.07, 6.45) is 1.18. The molecule has 0 aromatic heterocycles. The van der Waals surface area contributed by atoms with Crippen LogP contribution >= 0.6 is 0 Å². The number of aliphatic hydroxyl groups is 1. The highest BCUT2D eigenvalue weighted by molar-refractivity contribution is 5.14. The average Bonchev–Trinajstić information content (AvgIpc) is 2.84. The van der Waals surface area contributed by atoms with Gasteiger partial charge in [-0.25, -0.2) is 0 Å². The monoisotopic (exact) mass is 262 g/mol. The minimum atomic E-state index is 0.224. The molecule has 0 aliphatic carbocycles. The van der Waals surface area contributed by atoms with E-state index >= 15 is 0 Å². The number of aliphatic hydroxyl groups excluding tert-OH is 1. The van der Waals surface area contributed by atoms with Crippen molar-refractivity contribution in [2.24, 2.45) is 5.92 Å². The molecule has 2 rings (SSSR count). The Morgan fingerprint density at radius 1 is 1.32 bits per heavy atom. The van der Waals surface area contributed by atoms with Crippen molar-refractivity contribution in [3.05, 3.63) is 35.9 Å². The van der Waals surface area contributed by atoms with E-state index in [2.05, 4.69) is 54.4 Å². The van der Waals surface area contributed by atoms with Gasteiger partial charge in [-0.05, 0) is 17.9 Å². The fraction of sp³-hybridized carbons (Fsp3) is 0.625. The van der Waals surface area contributed by atoms with E-state index in [-0.39, 0.29) is 12.6 Å². The first-order valence-electron chi connectivity index (χ1n) is 7.32. The van der Waals surface area contributed by atoms with E-state index in [4.69, 9.17) is 0 Å². The molecule has 2 atom stereocenters. The van der Waals surface area contributed by atoms with Crippen molar-refractivity contribution >= 4 is 0 Å². The second-order valence-electron chi connectivity index (χ2n) is 5.91. The lowest BCUT2D eigenvalue weighted by Gasteiger charge is -2.24. The van der Waals surface area contributed by atoms with Crippen LogP contribution in [-0.4, -0.2) is 41.8 Å². The van der Waals surface area contributed by atoms with Crippen LogP contribution in [0.1, 0.15) is 25.8 Å². The third-order valence-electron chi connectivity index (χ3n) is 3.97. The molecule has 2 N–H and O–H groups in total. The van der Waals surface area contributed by atoms with Crippen LogP contribution in [0.25, 0.3) is 0 Å². The van der Waals surface area contributed by atoms with Gasteiger partial charge in [0, 0.05) is 31.7 Å². The molecule has 0 amide bonds. The van der Waals surface area contributed by atoms with Gasteiger partial charge in [-0.2, -0.15) is 0 Å². The molecule has 19 heavy (non-hydrogen) atoms. The molecule has 0 radical (unpaired) electrons. The number of nitrogens with one attached hydrogen (secondary N) is 1. The van der Waals surface area contributed by atoms with Gasteiger partial charge < -0.3 is 10.4 Å². The van der Waals surface area contributed by atoms with Crippen LogP contribution in [0, 0.1) is 5.92 Å². The van der Waals surface area contributed by atoms with Gasteiger partial charge in [0.2, 0.25) is 0 Å². The van der Waals surface area contributed by atoms with Crippen molar-refractivity contribution < 1.29 is 5.11 Å². The highest BCUT2D eigenvalue weighted by Crippen LogP contribution is 2.15. The Kier molecular flexibility index (Phi) is 5.37. The molecule has 3 heteroatoms. The van der Waals surface area contributed by atoms with Crippen molar-refractivity contribution in [2.45, 2.75) is 38.9 Å². The Labute approximate surface area is 116 Å². The quantitative estimate of drug-likeness (QED) is 0.821. The normalized spacial score (nSPS) is 22.0. The molecule has 1 aliphatic heterocycles. The molecule has 106 valence electrons. The smallest absolute Gasteiger partial charge is 0.0587 e. The molecule has 0 saturated carbocycles. The lowest BCUT2D eigenvalue weighted by molar-refractivity contribution is 0.197. The van der Waals surface area contributed by atoms with Crippen molar-refractivity contribution in [3.8, 4) is 0 Å². The van der Waals surface area contributed by atoms with Gasteiger partial charge in [-0.3, -0.25) is 4.90 Å². The van der Waals surface area contributed by atoms with Gasteiger partial charge in [0.1, 0.15) is 0 Å². The zero-order valence-corrected chi connectivity index (χ0v) is 12.0. The molecule has 1 aromatic carbocycles. The Morgan fingerprint density at radius 2 is 2.05 bits per heavy atom. The molecule has 3 nitrogen and oxygen atoms in total. The second kappa shape index (κ2) is 7.04. The summed E-state index contributed by atoms with van der Waals surface area (Å²) in [4.78, 5) is 2.49. The predicted octanol–water partition coefficient (Wildman–Crippen LogP) is 1.87. The van der Waals surface area contributed by atoms with Crippen molar-refractivity contribution in [1.29, 1.82) is 0 Å². The first-order valence-corrected chi connectivity index (χ1v) is 7.32. The van der Waals surface area contributed by atoms with Crippen LogP contribution in [0.4, 0.5) is 0 Å². The van der Waals surface area contributed by atoms with Gasteiger partial charge in [0.15, 0.2) is 0 Å². The summed E-state index contributed by atoms with van der Waals surface area (Å²) in [5, 5.41) is 13.0. The first-order chi connectivity index (χ1) is 9.19. The summed E-state index contributed by atoms with van der Waals surface area (Å²) >= 11 is 0.